The molecule has 0 aliphatic heterocycles. The third kappa shape index (κ3) is 3.13. The Kier molecular flexibility index (Phi) is 4.18. The van der Waals surface area contributed by atoms with Crippen molar-refractivity contribution in [2.45, 2.75) is 19.1 Å². The van der Waals surface area contributed by atoms with E-state index in [9.17, 15) is 13.2 Å². The standard InChI is InChI=1S/C11H15NO5S/c1-7(2)18(15,16)12-10-5-4-8(17-3)6-9(10)11(13)14/h4-7,12H,1-3H3,(H,13,14). The topological polar surface area (TPSA) is 92.7 Å². The normalized spacial score (nSPS) is 11.3. The molecule has 0 atom stereocenters. The predicted octanol–water partition coefficient (Wildman–Crippen LogP) is 1.54. The predicted molar refractivity (Wildman–Crippen MR) is 67.6 cm³/mol. The number of methoxy groups -OCH3 is 1. The van der Waals surface area contributed by atoms with E-state index in [1.165, 1.54) is 39.2 Å². The van der Waals surface area contributed by atoms with E-state index in [-0.39, 0.29) is 11.3 Å². The summed E-state index contributed by atoms with van der Waals surface area (Å²) in [6.45, 7) is 3.01. The van der Waals surface area contributed by atoms with Crippen LogP contribution in [0.15, 0.2) is 18.2 Å². The molecule has 0 bridgehead atoms. The molecule has 0 fully saturated rings. The average Bonchev–Trinajstić information content (AvgIpc) is 2.28. The molecule has 0 amide bonds. The van der Waals surface area contributed by atoms with Gasteiger partial charge in [0.1, 0.15) is 5.75 Å². The van der Waals surface area contributed by atoms with Crippen molar-refractivity contribution in [2.24, 2.45) is 0 Å². The maximum atomic E-state index is 11.7. The largest absolute Gasteiger partial charge is 0.497 e. The Labute approximate surface area is 106 Å². The number of sulfonamides is 1. The molecule has 6 nitrogen and oxygen atoms in total. The monoisotopic (exact) mass is 273 g/mol. The van der Waals surface area contributed by atoms with Gasteiger partial charge in [-0.1, -0.05) is 0 Å². The molecule has 0 aliphatic carbocycles. The highest BCUT2D eigenvalue weighted by Crippen LogP contribution is 2.23. The van der Waals surface area contributed by atoms with Crippen molar-refractivity contribution in [2.75, 3.05) is 11.8 Å². The fourth-order valence-electron chi connectivity index (χ4n) is 1.19. The van der Waals surface area contributed by atoms with Crippen LogP contribution in [0.3, 0.4) is 0 Å². The highest BCUT2D eigenvalue weighted by atomic mass is 32.2. The van der Waals surface area contributed by atoms with Crippen molar-refractivity contribution in [1.29, 1.82) is 0 Å². The third-order valence-electron chi connectivity index (χ3n) is 2.33. The van der Waals surface area contributed by atoms with Crippen molar-refractivity contribution in [3.63, 3.8) is 0 Å². The van der Waals surface area contributed by atoms with Crippen LogP contribution in [0.5, 0.6) is 5.75 Å². The van der Waals surface area contributed by atoms with Crippen LogP contribution >= 0.6 is 0 Å². The molecular formula is C11H15NO5S. The average molecular weight is 273 g/mol. The van der Waals surface area contributed by atoms with Gasteiger partial charge >= 0.3 is 5.97 Å². The molecule has 0 heterocycles. The number of hydrogen-bond acceptors (Lipinski definition) is 4. The number of anilines is 1. The Morgan fingerprint density at radius 3 is 2.44 bits per heavy atom. The number of aromatic carboxylic acids is 1. The van der Waals surface area contributed by atoms with Crippen LogP contribution in [0.4, 0.5) is 5.69 Å². The minimum atomic E-state index is -3.58. The molecule has 0 aromatic heterocycles. The summed E-state index contributed by atoms with van der Waals surface area (Å²) < 4.78 is 30.5. The molecule has 0 radical (unpaired) electrons. The van der Waals surface area contributed by atoms with Crippen molar-refractivity contribution in [3.05, 3.63) is 23.8 Å². The van der Waals surface area contributed by atoms with E-state index in [1.54, 1.807) is 0 Å². The fraction of sp³-hybridized carbons (Fsp3) is 0.364. The van der Waals surface area contributed by atoms with Crippen LogP contribution in [-0.2, 0) is 10.0 Å². The Balaban J connectivity index is 3.21. The zero-order valence-corrected chi connectivity index (χ0v) is 11.1. The van der Waals surface area contributed by atoms with E-state index in [0.29, 0.717) is 5.75 Å². The van der Waals surface area contributed by atoms with Gasteiger partial charge in [0.05, 0.1) is 23.6 Å². The van der Waals surface area contributed by atoms with Crippen LogP contribution < -0.4 is 9.46 Å². The number of nitrogens with one attached hydrogen (secondary N) is 1. The van der Waals surface area contributed by atoms with Gasteiger partial charge in [0, 0.05) is 0 Å². The first-order chi connectivity index (χ1) is 8.27. The molecule has 18 heavy (non-hydrogen) atoms. The van der Waals surface area contributed by atoms with Gasteiger partial charge in [-0.15, -0.1) is 0 Å². The van der Waals surface area contributed by atoms with Crippen LogP contribution in [0, 0.1) is 0 Å². The summed E-state index contributed by atoms with van der Waals surface area (Å²) in [6.07, 6.45) is 0. The van der Waals surface area contributed by atoms with Crippen molar-refractivity contribution < 1.29 is 23.1 Å². The Hall–Kier alpha value is -1.76. The van der Waals surface area contributed by atoms with Gasteiger partial charge in [0.25, 0.3) is 0 Å². The van der Waals surface area contributed by atoms with Crippen molar-refractivity contribution >= 4 is 21.7 Å². The molecule has 1 rings (SSSR count). The summed E-state index contributed by atoms with van der Waals surface area (Å²) in [6, 6.07) is 4.12. The van der Waals surface area contributed by atoms with Gasteiger partial charge in [-0.3, -0.25) is 4.72 Å². The highest BCUT2D eigenvalue weighted by molar-refractivity contribution is 7.93. The molecule has 0 spiro atoms. The van der Waals surface area contributed by atoms with Gasteiger partial charge in [0.15, 0.2) is 0 Å². The lowest BCUT2D eigenvalue weighted by Gasteiger charge is -2.13. The molecule has 100 valence electrons. The Morgan fingerprint density at radius 2 is 2.00 bits per heavy atom. The van der Waals surface area contributed by atoms with E-state index in [4.69, 9.17) is 9.84 Å². The smallest absolute Gasteiger partial charge is 0.337 e. The molecular weight excluding hydrogens is 258 g/mol. The Morgan fingerprint density at radius 1 is 1.39 bits per heavy atom. The molecule has 7 heteroatoms. The molecule has 1 aromatic carbocycles. The van der Waals surface area contributed by atoms with Gasteiger partial charge in [0.2, 0.25) is 10.0 Å². The van der Waals surface area contributed by atoms with E-state index in [0.717, 1.165) is 0 Å². The molecule has 0 unspecified atom stereocenters. The zero-order valence-electron chi connectivity index (χ0n) is 10.3. The minimum Gasteiger partial charge on any atom is -0.497 e. The number of carbonyl (C=O) groups is 1. The summed E-state index contributed by atoms with van der Waals surface area (Å²) in [5.74, 6) is -0.879. The number of benzene rings is 1. The molecule has 0 aliphatic rings. The van der Waals surface area contributed by atoms with E-state index in [1.807, 2.05) is 0 Å². The minimum absolute atomic E-state index is 0.0250. The summed E-state index contributed by atoms with van der Waals surface area (Å²) >= 11 is 0. The summed E-state index contributed by atoms with van der Waals surface area (Å²) in [4.78, 5) is 11.1. The number of hydrogen-bond donors (Lipinski definition) is 2. The molecule has 1 aromatic rings. The van der Waals surface area contributed by atoms with E-state index < -0.39 is 21.2 Å². The van der Waals surface area contributed by atoms with Crippen LogP contribution in [-0.4, -0.2) is 31.9 Å². The summed E-state index contributed by atoms with van der Waals surface area (Å²) in [5.41, 5.74) is -0.129. The Bertz CT molecular complexity index is 551. The first kappa shape index (κ1) is 14.3. The van der Waals surface area contributed by atoms with Crippen LogP contribution in [0.1, 0.15) is 24.2 Å². The van der Waals surface area contributed by atoms with E-state index in [2.05, 4.69) is 4.72 Å². The van der Waals surface area contributed by atoms with Gasteiger partial charge < -0.3 is 9.84 Å². The highest BCUT2D eigenvalue weighted by Gasteiger charge is 2.20. The SMILES string of the molecule is COc1ccc(NS(=O)(=O)C(C)C)c(C(=O)O)c1. The lowest BCUT2D eigenvalue weighted by atomic mass is 10.2. The van der Waals surface area contributed by atoms with Crippen LogP contribution in [0.2, 0.25) is 0 Å². The first-order valence-electron chi connectivity index (χ1n) is 5.21. The molecule has 0 saturated carbocycles. The number of ether oxygens (including phenoxy) is 1. The number of carboxylic acids is 1. The first-order valence-corrected chi connectivity index (χ1v) is 6.75. The van der Waals surface area contributed by atoms with E-state index >= 15 is 0 Å². The molecule has 2 N–H and O–H groups in total. The summed E-state index contributed by atoms with van der Waals surface area (Å²) in [5, 5.41) is 8.38. The van der Waals surface area contributed by atoms with Gasteiger partial charge in [-0.05, 0) is 32.0 Å². The van der Waals surface area contributed by atoms with Crippen molar-refractivity contribution in [3.8, 4) is 5.75 Å². The maximum absolute atomic E-state index is 11.7. The zero-order chi connectivity index (χ0) is 13.9. The van der Waals surface area contributed by atoms with Gasteiger partial charge in [-0.2, -0.15) is 0 Å². The fourth-order valence-corrected chi connectivity index (χ4v) is 1.91. The summed E-state index contributed by atoms with van der Waals surface area (Å²) in [7, 11) is -2.18. The third-order valence-corrected chi connectivity index (χ3v) is 4.08. The maximum Gasteiger partial charge on any atom is 0.337 e. The molecule has 0 saturated heterocycles. The second-order valence-electron chi connectivity index (χ2n) is 3.91. The second kappa shape index (κ2) is 5.26. The van der Waals surface area contributed by atoms with Crippen LogP contribution in [0.25, 0.3) is 0 Å². The quantitative estimate of drug-likeness (QED) is 0.849. The second-order valence-corrected chi connectivity index (χ2v) is 6.15. The lowest BCUT2D eigenvalue weighted by molar-refractivity contribution is 0.0697. The lowest BCUT2D eigenvalue weighted by Crippen LogP contribution is -2.23. The number of carboxylic acid groups (broad SMARTS) is 1. The van der Waals surface area contributed by atoms with Crippen molar-refractivity contribution in [1.82, 2.24) is 0 Å². The van der Waals surface area contributed by atoms with Gasteiger partial charge in [-0.25, -0.2) is 13.2 Å². The number of rotatable bonds is 5.